The van der Waals surface area contributed by atoms with Gasteiger partial charge in [-0.25, -0.2) is 18.2 Å². The standard InChI is InChI=1S/C67H83N9O10S2.C2HF3O2/c1-66(2)53-23-11-14-26-57(53)74(41-19-20-44-87(81,82)83)60(66)28-7-5-8-29-61-67(3,4)54-45-51(88(84,85)86)32-33-58(54)75(61)40-17-6-9-30-62(77)68-37-38-69-63(78)34-31-50-46-73(48-70-50)39-18-16-21-49-35-42-72(43-36-49)47-64(79)76-56-25-13-10-22-52(56)65(80)71-55-24-12-15-27-59(55)76;3-2(4,5)1(6)7/h5,7-8,10-15,22-29,32-33,45-46,48-49H,6,9,16-21,30-31,34-44,47H2,1-4H3,(H4-,68,69,71,77,78,80,81,82,83,84,85,86);(H,6,7). The number of aliphatic carboxylic acids is 1. The minimum atomic E-state index is -5.08. The summed E-state index contributed by atoms with van der Waals surface area (Å²) in [6.07, 6.45) is 18.0. The minimum absolute atomic E-state index is 0.0595. The summed E-state index contributed by atoms with van der Waals surface area (Å²) in [6, 6.07) is 27.5. The van der Waals surface area contributed by atoms with Crippen molar-refractivity contribution in [3.8, 4) is 0 Å². The van der Waals surface area contributed by atoms with E-state index in [1.165, 1.54) is 12.1 Å². The lowest BCUT2D eigenvalue weighted by Gasteiger charge is -2.33. The molecule has 4 amide bonds. The molecule has 5 aromatic rings. The third kappa shape index (κ3) is 19.4. The van der Waals surface area contributed by atoms with Gasteiger partial charge in [0.25, 0.3) is 16.0 Å². The van der Waals surface area contributed by atoms with Crippen molar-refractivity contribution >= 4 is 84.0 Å². The van der Waals surface area contributed by atoms with Crippen molar-refractivity contribution in [2.75, 3.05) is 66.7 Å². The number of amides is 4. The maximum absolute atomic E-state index is 13.9. The van der Waals surface area contributed by atoms with Gasteiger partial charge in [-0.1, -0.05) is 93.8 Å². The SMILES string of the molecule is CC1(C)C(/C=C/C=C/C=C2/N(CCCCCC(=O)NCCNC(=O)CCc3cn(CCCCC4CCN(CC(=O)N5c6ccccc6NC(=O)c6ccccc65)CC4)cn3)c3ccc(S(=O)(=O)O)cc3C2(C)C)=[N+](CCCCS(=O)(=O)[O-])c2ccccc21.O=C(O)C(F)(F)F. The highest BCUT2D eigenvalue weighted by atomic mass is 32.2. The molecule has 5 N–H and O–H groups in total. The molecular weight excluding hydrogens is 1270 g/mol. The van der Waals surface area contributed by atoms with E-state index in [0.29, 0.717) is 80.4 Å². The number of halogens is 3. The number of nitrogens with zero attached hydrogens (tertiary/aromatic N) is 6. The zero-order chi connectivity index (χ0) is 68.7. The number of aryl methyl sites for hydroxylation is 2. The van der Waals surface area contributed by atoms with Crippen LogP contribution in [-0.4, -0.2) is 143 Å². The Balaban J connectivity index is 0.00000156. The van der Waals surface area contributed by atoms with Gasteiger partial charge >= 0.3 is 12.1 Å². The van der Waals surface area contributed by atoms with Crippen LogP contribution in [0.5, 0.6) is 0 Å². The summed E-state index contributed by atoms with van der Waals surface area (Å²) < 4.78 is 104. The Labute approximate surface area is 553 Å². The van der Waals surface area contributed by atoms with Crippen LogP contribution < -0.4 is 25.8 Å². The van der Waals surface area contributed by atoms with Crippen LogP contribution in [0.15, 0.2) is 144 Å². The Morgan fingerprint density at radius 1 is 0.768 bits per heavy atom. The summed E-state index contributed by atoms with van der Waals surface area (Å²) in [5, 5.41) is 15.9. The maximum atomic E-state index is 13.9. The first-order chi connectivity index (χ1) is 45.0. The number of carbonyl (C=O) groups is 5. The van der Waals surface area contributed by atoms with Gasteiger partial charge in [0.05, 0.1) is 61.6 Å². The second-order valence-electron chi connectivity index (χ2n) is 25.2. The third-order valence-corrected chi connectivity index (χ3v) is 19.3. The number of hydrogen-bond donors (Lipinski definition) is 5. The average molecular weight is 1350 g/mol. The third-order valence-electron chi connectivity index (χ3n) is 17.7. The Kier molecular flexibility index (Phi) is 24.4. The first-order valence-electron chi connectivity index (χ1n) is 32.0. The first kappa shape index (κ1) is 72.5. The van der Waals surface area contributed by atoms with Crippen molar-refractivity contribution in [2.45, 2.75) is 140 Å². The molecule has 1 aromatic heterocycles. The van der Waals surface area contributed by atoms with E-state index in [4.69, 9.17) is 9.90 Å². The van der Waals surface area contributed by atoms with E-state index in [9.17, 15) is 58.3 Å². The van der Waals surface area contributed by atoms with E-state index in [-0.39, 0.29) is 53.3 Å². The smallest absolute Gasteiger partial charge is 0.490 e. The number of allylic oxidation sites excluding steroid dienone is 6. The fourth-order valence-corrected chi connectivity index (χ4v) is 13.8. The molecule has 1 saturated heterocycles. The molecule has 9 rings (SSSR count). The summed E-state index contributed by atoms with van der Waals surface area (Å²) in [5.41, 5.74) is 8.03. The molecule has 0 bridgehead atoms. The number of nitrogens with one attached hydrogen (secondary N) is 3. The minimum Gasteiger partial charge on any atom is -0.748 e. The van der Waals surface area contributed by atoms with Gasteiger partial charge in [-0.05, 0) is 132 Å². The molecule has 0 unspecified atom stereocenters. The molecule has 510 valence electrons. The molecule has 26 heteroatoms. The molecule has 1 fully saturated rings. The molecule has 0 aliphatic carbocycles. The Morgan fingerprint density at radius 2 is 1.43 bits per heavy atom. The van der Waals surface area contributed by atoms with E-state index >= 15 is 0 Å². The number of unbranched alkanes of at least 4 members (excludes halogenated alkanes) is 4. The highest BCUT2D eigenvalue weighted by Gasteiger charge is 2.44. The zero-order valence-electron chi connectivity index (χ0n) is 53.9. The predicted octanol–water partition coefficient (Wildman–Crippen LogP) is 10.5. The number of carbonyl (C=O) groups excluding carboxylic acids is 4. The average Bonchev–Trinajstić information content (AvgIpc) is 1.62. The maximum Gasteiger partial charge on any atom is 0.490 e. The van der Waals surface area contributed by atoms with Crippen molar-refractivity contribution < 1.29 is 72.8 Å². The van der Waals surface area contributed by atoms with Crippen molar-refractivity contribution in [1.29, 1.82) is 0 Å². The fraction of sp³-hybridized carbons (Fsp3) is 0.435. The number of alkyl halides is 3. The van der Waals surface area contributed by atoms with Gasteiger partial charge in [0, 0.05) is 91.9 Å². The number of fused-ring (bicyclic) bond motifs is 4. The lowest BCUT2D eigenvalue weighted by molar-refractivity contribution is -0.438. The number of benzene rings is 4. The number of para-hydroxylation sites is 4. The number of anilines is 4. The summed E-state index contributed by atoms with van der Waals surface area (Å²) in [4.78, 5) is 71.8. The molecule has 4 aliphatic heterocycles. The Hall–Kier alpha value is -8.30. The van der Waals surface area contributed by atoms with Crippen LogP contribution >= 0.6 is 0 Å². The van der Waals surface area contributed by atoms with E-state index in [0.717, 1.165) is 104 Å². The van der Waals surface area contributed by atoms with Gasteiger partial charge in [-0.2, -0.15) is 26.2 Å². The van der Waals surface area contributed by atoms with Crippen LogP contribution in [0.3, 0.4) is 0 Å². The summed E-state index contributed by atoms with van der Waals surface area (Å²) >= 11 is 0. The molecule has 5 heterocycles. The van der Waals surface area contributed by atoms with Gasteiger partial charge in [0.1, 0.15) is 6.54 Å². The van der Waals surface area contributed by atoms with Crippen LogP contribution in [0, 0.1) is 5.92 Å². The predicted molar refractivity (Wildman–Crippen MR) is 356 cm³/mol. The van der Waals surface area contributed by atoms with Crippen molar-refractivity contribution in [2.24, 2.45) is 5.92 Å². The van der Waals surface area contributed by atoms with Gasteiger partial charge in [-0.3, -0.25) is 33.5 Å². The van der Waals surface area contributed by atoms with Crippen LogP contribution in [0.2, 0.25) is 0 Å². The second-order valence-corrected chi connectivity index (χ2v) is 28.2. The van der Waals surface area contributed by atoms with Crippen LogP contribution in [0.25, 0.3) is 0 Å². The molecule has 0 saturated carbocycles. The number of likely N-dealkylation sites (tertiary alicyclic amines) is 1. The lowest BCUT2D eigenvalue weighted by atomic mass is 9.81. The Bertz CT molecular complexity index is 3970. The van der Waals surface area contributed by atoms with Gasteiger partial charge in [0.2, 0.25) is 23.4 Å². The van der Waals surface area contributed by atoms with Crippen molar-refractivity contribution in [1.82, 2.24) is 25.1 Å². The number of carboxylic acids is 1. The van der Waals surface area contributed by atoms with E-state index in [1.807, 2.05) is 105 Å². The summed E-state index contributed by atoms with van der Waals surface area (Å²) in [7, 11) is -8.75. The molecule has 0 spiro atoms. The number of imidazole rings is 1. The largest absolute Gasteiger partial charge is 0.748 e. The number of piperidine rings is 1. The normalized spacial score (nSPS) is 16.6. The van der Waals surface area contributed by atoms with E-state index in [1.54, 1.807) is 17.0 Å². The quantitative estimate of drug-likeness (QED) is 0.0135. The number of aromatic nitrogens is 2. The van der Waals surface area contributed by atoms with Gasteiger partial charge in [0.15, 0.2) is 5.71 Å². The first-order valence-corrected chi connectivity index (χ1v) is 35.1. The molecule has 0 atom stereocenters. The molecule has 4 aromatic carbocycles. The number of carboxylic acid groups (broad SMARTS) is 1. The van der Waals surface area contributed by atoms with Gasteiger partial charge < -0.3 is 35.1 Å². The summed E-state index contributed by atoms with van der Waals surface area (Å²) in [5.74, 6) is -3.05. The lowest BCUT2D eigenvalue weighted by Crippen LogP contribution is -2.42. The molecule has 95 heavy (non-hydrogen) atoms. The van der Waals surface area contributed by atoms with Crippen LogP contribution in [-0.2, 0) is 63.2 Å². The monoisotopic (exact) mass is 1350 g/mol. The molecule has 21 nitrogen and oxygen atoms in total. The fourth-order valence-electron chi connectivity index (χ4n) is 12.7. The van der Waals surface area contributed by atoms with Crippen LogP contribution in [0.1, 0.15) is 132 Å². The zero-order valence-corrected chi connectivity index (χ0v) is 55.6. The van der Waals surface area contributed by atoms with Crippen LogP contribution in [0.4, 0.5) is 41.6 Å². The highest BCUT2D eigenvalue weighted by Crippen LogP contribution is 2.49. The molecular formula is C69H84F3N9O12S2. The number of hydrogen-bond acceptors (Lipinski definition) is 13. The molecule has 0 radical (unpaired) electrons. The van der Waals surface area contributed by atoms with E-state index < -0.39 is 43.5 Å². The summed E-state index contributed by atoms with van der Waals surface area (Å²) in [6.45, 7) is 12.9. The Morgan fingerprint density at radius 3 is 2.14 bits per heavy atom. The van der Waals surface area contributed by atoms with Crippen molar-refractivity contribution in [3.63, 3.8) is 0 Å². The second kappa shape index (κ2) is 32.0. The van der Waals surface area contributed by atoms with E-state index in [2.05, 4.69) is 71.9 Å². The van der Waals surface area contributed by atoms with Gasteiger partial charge in [-0.15, -0.1) is 0 Å². The molecule has 4 aliphatic rings. The topological polar surface area (TPSA) is 284 Å². The van der Waals surface area contributed by atoms with Crippen molar-refractivity contribution in [3.05, 3.63) is 162 Å². The highest BCUT2D eigenvalue weighted by molar-refractivity contribution is 7.86. The number of rotatable bonds is 28.